The number of hydrogen-bond donors (Lipinski definition) is 3. The summed E-state index contributed by atoms with van der Waals surface area (Å²) in [5, 5.41) is 2.40. The van der Waals surface area contributed by atoms with Crippen molar-refractivity contribution in [2.24, 2.45) is 0 Å². The fourth-order valence-corrected chi connectivity index (χ4v) is 2.27. The lowest BCUT2D eigenvalue weighted by molar-refractivity contribution is -0.127. The summed E-state index contributed by atoms with van der Waals surface area (Å²) in [5.41, 5.74) is 0.199. The molecule has 1 rings (SSSR count). The van der Waals surface area contributed by atoms with Crippen LogP contribution >= 0.6 is 0 Å². The SMILES string of the molecule is COc1ccc(CNC(=O)CC(C)=O)c(S(=O)(=O)O)c1.N. The van der Waals surface area contributed by atoms with Crippen molar-refractivity contribution >= 4 is 21.8 Å². The average molecular weight is 318 g/mol. The van der Waals surface area contributed by atoms with Gasteiger partial charge in [-0.2, -0.15) is 8.42 Å². The monoisotopic (exact) mass is 318 g/mol. The quantitative estimate of drug-likeness (QED) is 0.517. The Balaban J connectivity index is 0.00000400. The Labute approximate surface area is 122 Å². The third kappa shape index (κ3) is 5.90. The molecule has 21 heavy (non-hydrogen) atoms. The van der Waals surface area contributed by atoms with Gasteiger partial charge in [0, 0.05) is 12.6 Å². The number of methoxy groups -OCH3 is 1. The van der Waals surface area contributed by atoms with E-state index in [1.807, 2.05) is 0 Å². The molecule has 0 saturated heterocycles. The lowest BCUT2D eigenvalue weighted by atomic mass is 10.2. The van der Waals surface area contributed by atoms with Crippen LogP contribution in [0.1, 0.15) is 18.9 Å². The Bertz CT molecular complexity index is 627. The number of rotatable bonds is 6. The second-order valence-corrected chi connectivity index (χ2v) is 5.49. The molecule has 0 aliphatic rings. The van der Waals surface area contributed by atoms with Crippen molar-refractivity contribution in [1.82, 2.24) is 11.5 Å². The summed E-state index contributed by atoms with van der Waals surface area (Å²) in [4.78, 5) is 21.8. The zero-order chi connectivity index (χ0) is 15.3. The van der Waals surface area contributed by atoms with Gasteiger partial charge in [0.15, 0.2) is 0 Å². The first-order chi connectivity index (χ1) is 9.24. The minimum atomic E-state index is -4.44. The van der Waals surface area contributed by atoms with Gasteiger partial charge in [-0.15, -0.1) is 0 Å². The molecule has 8 nitrogen and oxygen atoms in total. The van der Waals surface area contributed by atoms with Crippen LogP contribution in [0.4, 0.5) is 0 Å². The normalized spacial score (nSPS) is 10.4. The highest BCUT2D eigenvalue weighted by atomic mass is 32.2. The largest absolute Gasteiger partial charge is 0.497 e. The first-order valence-electron chi connectivity index (χ1n) is 5.64. The van der Waals surface area contributed by atoms with Crippen molar-refractivity contribution in [2.45, 2.75) is 24.8 Å². The van der Waals surface area contributed by atoms with Crippen LogP contribution in [-0.2, 0) is 26.3 Å². The average Bonchev–Trinajstić information content (AvgIpc) is 2.34. The van der Waals surface area contributed by atoms with Crippen LogP contribution in [0.3, 0.4) is 0 Å². The van der Waals surface area contributed by atoms with E-state index in [1.54, 1.807) is 0 Å². The van der Waals surface area contributed by atoms with E-state index >= 15 is 0 Å². The van der Waals surface area contributed by atoms with Gasteiger partial charge in [-0.25, -0.2) is 0 Å². The molecule has 0 bridgehead atoms. The van der Waals surface area contributed by atoms with Crippen LogP contribution in [0.5, 0.6) is 5.75 Å². The van der Waals surface area contributed by atoms with Gasteiger partial charge in [-0.05, 0) is 18.6 Å². The molecular weight excluding hydrogens is 300 g/mol. The third-order valence-electron chi connectivity index (χ3n) is 2.44. The zero-order valence-corrected chi connectivity index (χ0v) is 12.6. The summed E-state index contributed by atoms with van der Waals surface area (Å²) in [6, 6.07) is 4.07. The topological polar surface area (TPSA) is 145 Å². The molecule has 0 aliphatic carbocycles. The molecule has 0 aliphatic heterocycles. The third-order valence-corrected chi connectivity index (χ3v) is 3.37. The Kier molecular flexibility index (Phi) is 6.99. The highest BCUT2D eigenvalue weighted by Gasteiger charge is 2.17. The van der Waals surface area contributed by atoms with Crippen LogP contribution in [0, 0.1) is 0 Å². The lowest BCUT2D eigenvalue weighted by Crippen LogP contribution is -2.25. The van der Waals surface area contributed by atoms with Gasteiger partial charge >= 0.3 is 0 Å². The minimum absolute atomic E-state index is 0. The number of ether oxygens (including phenoxy) is 1. The molecule has 118 valence electrons. The maximum Gasteiger partial charge on any atom is 0.294 e. The number of benzene rings is 1. The highest BCUT2D eigenvalue weighted by molar-refractivity contribution is 7.85. The molecule has 0 atom stereocenters. The molecule has 0 spiro atoms. The van der Waals surface area contributed by atoms with Gasteiger partial charge < -0.3 is 16.2 Å². The molecule has 9 heteroatoms. The van der Waals surface area contributed by atoms with Crippen LogP contribution in [0.25, 0.3) is 0 Å². The summed E-state index contributed by atoms with van der Waals surface area (Å²) in [5.74, 6) is -0.557. The van der Waals surface area contributed by atoms with Crippen LogP contribution in [0.15, 0.2) is 23.1 Å². The summed E-state index contributed by atoms with van der Waals surface area (Å²) < 4.78 is 36.6. The number of nitrogens with one attached hydrogen (secondary N) is 1. The van der Waals surface area contributed by atoms with Crippen molar-refractivity contribution in [3.63, 3.8) is 0 Å². The highest BCUT2D eigenvalue weighted by Crippen LogP contribution is 2.22. The van der Waals surface area contributed by atoms with E-state index in [2.05, 4.69) is 5.32 Å². The molecule has 0 radical (unpaired) electrons. The van der Waals surface area contributed by atoms with Gasteiger partial charge in [0.25, 0.3) is 10.1 Å². The van der Waals surface area contributed by atoms with E-state index in [1.165, 1.54) is 26.2 Å². The van der Waals surface area contributed by atoms with Crippen molar-refractivity contribution in [2.75, 3.05) is 7.11 Å². The van der Waals surface area contributed by atoms with E-state index in [9.17, 15) is 18.0 Å². The minimum Gasteiger partial charge on any atom is -0.497 e. The van der Waals surface area contributed by atoms with Crippen molar-refractivity contribution in [3.8, 4) is 5.75 Å². The van der Waals surface area contributed by atoms with Gasteiger partial charge in [0.1, 0.15) is 16.4 Å². The molecule has 0 unspecified atom stereocenters. The molecule has 0 fully saturated rings. The predicted molar refractivity (Wildman–Crippen MR) is 75.0 cm³/mol. The van der Waals surface area contributed by atoms with Gasteiger partial charge in [0.05, 0.1) is 13.5 Å². The molecule has 1 aromatic carbocycles. The maximum atomic E-state index is 11.3. The van der Waals surface area contributed by atoms with Gasteiger partial charge in [0.2, 0.25) is 5.91 Å². The fourth-order valence-electron chi connectivity index (χ4n) is 1.53. The predicted octanol–water partition coefficient (Wildman–Crippen LogP) is 0.699. The molecular formula is C12H18N2O6S. The van der Waals surface area contributed by atoms with E-state index in [0.717, 1.165) is 6.07 Å². The number of amides is 1. The summed E-state index contributed by atoms with van der Waals surface area (Å²) in [7, 11) is -3.08. The van der Waals surface area contributed by atoms with E-state index in [-0.39, 0.29) is 41.1 Å². The van der Waals surface area contributed by atoms with Gasteiger partial charge in [-0.3, -0.25) is 14.1 Å². The summed E-state index contributed by atoms with van der Waals surface area (Å²) in [6.45, 7) is 1.15. The van der Waals surface area contributed by atoms with Crippen molar-refractivity contribution < 1.29 is 27.3 Å². The van der Waals surface area contributed by atoms with Crippen LogP contribution in [0.2, 0.25) is 0 Å². The second-order valence-electron chi connectivity index (χ2n) is 4.10. The number of Topliss-reactive ketones (excluding diaryl/α,β-unsaturated/α-hetero) is 1. The standard InChI is InChI=1S/C12H15NO6S.H3N/c1-8(14)5-12(15)13-7-9-3-4-10(19-2)6-11(9)20(16,17)18;/h3-4,6H,5,7H2,1-2H3,(H,13,15)(H,16,17,18);1H3. The Hall–Kier alpha value is -1.97. The molecule has 0 aromatic heterocycles. The van der Waals surface area contributed by atoms with Gasteiger partial charge in [-0.1, -0.05) is 6.07 Å². The summed E-state index contributed by atoms with van der Waals surface area (Å²) in [6.07, 6.45) is -0.280. The molecule has 1 aromatic rings. The molecule has 1 amide bonds. The van der Waals surface area contributed by atoms with Crippen molar-refractivity contribution in [3.05, 3.63) is 23.8 Å². The molecule has 0 saturated carbocycles. The van der Waals surface area contributed by atoms with E-state index in [4.69, 9.17) is 9.29 Å². The van der Waals surface area contributed by atoms with E-state index in [0.29, 0.717) is 0 Å². The fraction of sp³-hybridized carbons (Fsp3) is 0.333. The summed E-state index contributed by atoms with van der Waals surface area (Å²) >= 11 is 0. The Morgan fingerprint density at radius 1 is 1.33 bits per heavy atom. The van der Waals surface area contributed by atoms with Crippen LogP contribution < -0.4 is 16.2 Å². The molecule has 5 N–H and O–H groups in total. The smallest absolute Gasteiger partial charge is 0.294 e. The first-order valence-corrected chi connectivity index (χ1v) is 7.08. The number of ketones is 1. The number of carbonyl (C=O) groups excluding carboxylic acids is 2. The van der Waals surface area contributed by atoms with E-state index < -0.39 is 16.0 Å². The maximum absolute atomic E-state index is 11.3. The number of carbonyl (C=O) groups is 2. The molecule has 0 heterocycles. The zero-order valence-electron chi connectivity index (χ0n) is 11.8. The van der Waals surface area contributed by atoms with Crippen molar-refractivity contribution in [1.29, 1.82) is 0 Å². The second kappa shape index (κ2) is 7.72. The Morgan fingerprint density at radius 3 is 2.43 bits per heavy atom. The number of hydrogen-bond acceptors (Lipinski definition) is 6. The van der Waals surface area contributed by atoms with Crippen LogP contribution in [-0.4, -0.2) is 31.8 Å². The first kappa shape index (κ1) is 19.0. The lowest BCUT2D eigenvalue weighted by Gasteiger charge is -2.10. The Morgan fingerprint density at radius 2 is 1.95 bits per heavy atom.